The summed E-state index contributed by atoms with van der Waals surface area (Å²) in [6, 6.07) is 28.9. The maximum atomic E-state index is 12.9. The average Bonchev–Trinajstić information content (AvgIpc) is 3.44. The third-order valence-corrected chi connectivity index (χ3v) is 6.38. The smallest absolute Gasteiger partial charge is 0.251 e. The van der Waals surface area contributed by atoms with Gasteiger partial charge in [-0.25, -0.2) is 4.98 Å². The van der Waals surface area contributed by atoms with E-state index >= 15 is 0 Å². The fraction of sp³-hybridized carbons (Fsp3) is 0.214. The van der Waals surface area contributed by atoms with Crippen molar-refractivity contribution in [3.8, 4) is 5.69 Å². The highest BCUT2D eigenvalue weighted by atomic mass is 16.1. The Kier molecular flexibility index (Phi) is 6.68. The fourth-order valence-corrected chi connectivity index (χ4v) is 4.50. The van der Waals surface area contributed by atoms with Gasteiger partial charge in [0.2, 0.25) is 0 Å². The van der Waals surface area contributed by atoms with Gasteiger partial charge in [-0.15, -0.1) is 0 Å². The summed E-state index contributed by atoms with van der Waals surface area (Å²) in [7, 11) is 0. The van der Waals surface area contributed by atoms with E-state index in [1.54, 1.807) is 12.5 Å². The molecule has 1 unspecified atom stereocenters. The molecule has 3 aromatic carbocycles. The first-order valence-corrected chi connectivity index (χ1v) is 11.7. The first kappa shape index (κ1) is 21.9. The highest BCUT2D eigenvalue weighted by Gasteiger charge is 2.27. The second-order valence-corrected chi connectivity index (χ2v) is 8.62. The van der Waals surface area contributed by atoms with Crippen LogP contribution in [-0.2, 0) is 6.54 Å². The second kappa shape index (κ2) is 10.4. The molecule has 0 bridgehead atoms. The number of amides is 1. The zero-order valence-electron chi connectivity index (χ0n) is 19.1. The van der Waals surface area contributed by atoms with Crippen molar-refractivity contribution in [3.63, 3.8) is 0 Å². The number of piperazine rings is 1. The number of nitrogens with zero attached hydrogens (tertiary/aromatic N) is 4. The summed E-state index contributed by atoms with van der Waals surface area (Å²) in [5.41, 5.74) is 4.17. The number of carbonyl (C=O) groups excluding carboxylic acids is 1. The fourth-order valence-electron chi connectivity index (χ4n) is 4.50. The molecule has 1 amide bonds. The van der Waals surface area contributed by atoms with Gasteiger partial charge in [-0.3, -0.25) is 9.69 Å². The van der Waals surface area contributed by atoms with Crippen molar-refractivity contribution >= 4 is 11.6 Å². The van der Waals surface area contributed by atoms with Crippen LogP contribution in [0.5, 0.6) is 0 Å². The van der Waals surface area contributed by atoms with E-state index in [1.165, 1.54) is 11.3 Å². The number of para-hydroxylation sites is 1. The molecule has 0 radical (unpaired) electrons. The predicted molar refractivity (Wildman–Crippen MR) is 135 cm³/mol. The van der Waals surface area contributed by atoms with Gasteiger partial charge in [0, 0.05) is 68.1 Å². The summed E-state index contributed by atoms with van der Waals surface area (Å²) in [6.45, 7) is 4.26. The van der Waals surface area contributed by atoms with Crippen molar-refractivity contribution < 1.29 is 4.79 Å². The second-order valence-electron chi connectivity index (χ2n) is 8.62. The van der Waals surface area contributed by atoms with Gasteiger partial charge in [-0.05, 0) is 42.0 Å². The lowest BCUT2D eigenvalue weighted by Gasteiger charge is -2.42. The molecule has 1 aliphatic rings. The summed E-state index contributed by atoms with van der Waals surface area (Å²) in [6.07, 6.45) is 5.38. The first-order chi connectivity index (χ1) is 16.8. The third-order valence-electron chi connectivity index (χ3n) is 6.38. The number of nitrogens with one attached hydrogen (secondary N) is 1. The lowest BCUT2D eigenvalue weighted by Crippen LogP contribution is -2.56. The summed E-state index contributed by atoms with van der Waals surface area (Å²) in [4.78, 5) is 21.9. The Hall–Kier alpha value is -3.90. The zero-order chi connectivity index (χ0) is 23.2. The van der Waals surface area contributed by atoms with Gasteiger partial charge in [-0.1, -0.05) is 48.5 Å². The van der Waals surface area contributed by atoms with Crippen LogP contribution in [0.3, 0.4) is 0 Å². The van der Waals surface area contributed by atoms with Crippen LogP contribution in [0, 0.1) is 0 Å². The van der Waals surface area contributed by atoms with Gasteiger partial charge in [0.05, 0.1) is 6.33 Å². The molecule has 4 aromatic rings. The molecule has 2 heterocycles. The number of aromatic nitrogens is 2. The minimum Gasteiger partial charge on any atom is -0.369 e. The van der Waals surface area contributed by atoms with Crippen LogP contribution in [0.1, 0.15) is 15.9 Å². The van der Waals surface area contributed by atoms with Gasteiger partial charge >= 0.3 is 0 Å². The van der Waals surface area contributed by atoms with Crippen molar-refractivity contribution in [2.45, 2.75) is 12.6 Å². The van der Waals surface area contributed by atoms with Crippen molar-refractivity contribution in [1.29, 1.82) is 0 Å². The summed E-state index contributed by atoms with van der Waals surface area (Å²) >= 11 is 0. The standard InChI is InChI=1S/C28H29N5O/c34-28(24-11-13-26(14-12-24)33-16-15-29-22-33)30-19-27-21-32(25-9-5-2-6-10-25)18-17-31(27)20-23-7-3-1-4-8-23/h1-16,22,27H,17-21H2,(H,30,34). The minimum atomic E-state index is -0.0475. The number of anilines is 1. The molecule has 0 spiro atoms. The van der Waals surface area contributed by atoms with Crippen LogP contribution in [0.4, 0.5) is 5.69 Å². The molecule has 6 nitrogen and oxygen atoms in total. The molecular weight excluding hydrogens is 422 g/mol. The van der Waals surface area contributed by atoms with Crippen LogP contribution in [0.2, 0.25) is 0 Å². The van der Waals surface area contributed by atoms with Crippen molar-refractivity contribution in [2.75, 3.05) is 31.1 Å². The van der Waals surface area contributed by atoms with Crippen LogP contribution in [0.25, 0.3) is 5.69 Å². The highest BCUT2D eigenvalue weighted by Crippen LogP contribution is 2.20. The Morgan fingerprint density at radius 3 is 2.32 bits per heavy atom. The Morgan fingerprint density at radius 2 is 1.62 bits per heavy atom. The number of hydrogen-bond acceptors (Lipinski definition) is 4. The van der Waals surface area contributed by atoms with Gasteiger partial charge in [0.25, 0.3) is 5.91 Å². The van der Waals surface area contributed by atoms with E-state index in [2.05, 4.69) is 68.6 Å². The summed E-state index contributed by atoms with van der Waals surface area (Å²) in [5.74, 6) is -0.0475. The predicted octanol–water partition coefficient (Wildman–Crippen LogP) is 3.99. The molecule has 5 rings (SSSR count). The van der Waals surface area contributed by atoms with Gasteiger partial charge < -0.3 is 14.8 Å². The van der Waals surface area contributed by atoms with Crippen molar-refractivity contribution in [2.24, 2.45) is 0 Å². The zero-order valence-corrected chi connectivity index (χ0v) is 19.1. The van der Waals surface area contributed by atoms with E-state index in [4.69, 9.17) is 0 Å². The minimum absolute atomic E-state index is 0.0475. The quantitative estimate of drug-likeness (QED) is 0.462. The first-order valence-electron chi connectivity index (χ1n) is 11.7. The molecule has 6 heteroatoms. The summed E-state index contributed by atoms with van der Waals surface area (Å²) < 4.78 is 1.92. The lowest BCUT2D eigenvalue weighted by atomic mass is 10.1. The molecule has 0 aliphatic carbocycles. The van der Waals surface area contributed by atoms with Crippen molar-refractivity contribution in [1.82, 2.24) is 19.8 Å². The topological polar surface area (TPSA) is 53.4 Å². The van der Waals surface area contributed by atoms with Crippen LogP contribution >= 0.6 is 0 Å². The van der Waals surface area contributed by atoms with Gasteiger partial charge in [0.15, 0.2) is 0 Å². The van der Waals surface area contributed by atoms with Crippen LogP contribution in [0.15, 0.2) is 104 Å². The molecular formula is C28H29N5O. The van der Waals surface area contributed by atoms with Crippen LogP contribution in [-0.4, -0.2) is 52.6 Å². The molecule has 1 fully saturated rings. The number of hydrogen-bond donors (Lipinski definition) is 1. The Balaban J connectivity index is 1.27. The van der Waals surface area contributed by atoms with E-state index in [-0.39, 0.29) is 11.9 Å². The Morgan fingerprint density at radius 1 is 0.882 bits per heavy atom. The monoisotopic (exact) mass is 451 g/mol. The van der Waals surface area contributed by atoms with Crippen LogP contribution < -0.4 is 10.2 Å². The van der Waals surface area contributed by atoms with Gasteiger partial charge in [-0.2, -0.15) is 0 Å². The van der Waals surface area contributed by atoms with E-state index in [1.807, 2.05) is 47.2 Å². The summed E-state index contributed by atoms with van der Waals surface area (Å²) in [5, 5.41) is 3.18. The molecule has 172 valence electrons. The van der Waals surface area contributed by atoms with E-state index in [0.29, 0.717) is 12.1 Å². The third kappa shape index (κ3) is 5.18. The normalized spacial score (nSPS) is 16.4. The maximum Gasteiger partial charge on any atom is 0.251 e. The highest BCUT2D eigenvalue weighted by molar-refractivity contribution is 5.94. The number of rotatable bonds is 7. The number of benzene rings is 3. The molecule has 34 heavy (non-hydrogen) atoms. The number of carbonyl (C=O) groups is 1. The Labute approximate surface area is 200 Å². The molecule has 1 saturated heterocycles. The number of imidazole rings is 1. The lowest BCUT2D eigenvalue weighted by molar-refractivity contribution is 0.0924. The van der Waals surface area contributed by atoms with E-state index in [9.17, 15) is 4.79 Å². The largest absolute Gasteiger partial charge is 0.369 e. The van der Waals surface area contributed by atoms with Gasteiger partial charge in [0.1, 0.15) is 0 Å². The molecule has 1 aliphatic heterocycles. The van der Waals surface area contributed by atoms with E-state index < -0.39 is 0 Å². The van der Waals surface area contributed by atoms with Crippen molar-refractivity contribution in [3.05, 3.63) is 115 Å². The Bertz CT molecular complexity index is 1180. The molecule has 1 atom stereocenters. The SMILES string of the molecule is O=C(NCC1CN(c2ccccc2)CCN1Cc1ccccc1)c1ccc(-n2ccnc2)cc1. The van der Waals surface area contributed by atoms with E-state index in [0.717, 1.165) is 31.9 Å². The average molecular weight is 452 g/mol. The molecule has 1 N–H and O–H groups in total. The maximum absolute atomic E-state index is 12.9. The molecule has 0 saturated carbocycles. The molecule has 1 aromatic heterocycles.